The highest BCUT2D eigenvalue weighted by Gasteiger charge is 2.78. The summed E-state index contributed by atoms with van der Waals surface area (Å²) in [5.74, 6) is -1.31. The van der Waals surface area contributed by atoms with E-state index in [1.807, 2.05) is 0 Å². The van der Waals surface area contributed by atoms with Crippen LogP contribution >= 0.6 is 11.3 Å². The Hall–Kier alpha value is -3.55. The molecular formula is C19H13F6N4O3S+. The number of methoxy groups -OCH3 is 1. The molecule has 0 spiro atoms. The third kappa shape index (κ3) is 3.41. The Morgan fingerprint density at radius 3 is 2.18 bits per heavy atom. The fraction of sp³-hybridized carbons (Fsp3) is 0.211. The van der Waals surface area contributed by atoms with E-state index in [0.717, 1.165) is 11.3 Å². The molecule has 1 aromatic carbocycles. The number of amidine groups is 1. The van der Waals surface area contributed by atoms with Gasteiger partial charge in [-0.15, -0.1) is 11.3 Å². The van der Waals surface area contributed by atoms with E-state index in [4.69, 9.17) is 4.74 Å². The van der Waals surface area contributed by atoms with Crippen molar-refractivity contribution in [2.24, 2.45) is 0 Å². The lowest BCUT2D eigenvalue weighted by molar-refractivity contribution is -0.658. The van der Waals surface area contributed by atoms with Crippen LogP contribution in [0.5, 0.6) is 5.75 Å². The molecule has 7 nitrogen and oxygen atoms in total. The Labute approximate surface area is 184 Å². The maximum atomic E-state index is 14.2. The predicted molar refractivity (Wildman–Crippen MR) is 106 cm³/mol. The van der Waals surface area contributed by atoms with Crippen LogP contribution in [0.3, 0.4) is 0 Å². The number of benzene rings is 1. The van der Waals surface area contributed by atoms with Gasteiger partial charge in [0.1, 0.15) is 16.2 Å². The summed E-state index contributed by atoms with van der Waals surface area (Å²) in [5.41, 5.74) is -9.71. The minimum Gasteiger partial charge on any atom is -0.497 e. The molecule has 0 saturated heterocycles. The summed E-state index contributed by atoms with van der Waals surface area (Å²) in [6.07, 6.45) is -12.0. The third-order valence-electron chi connectivity index (χ3n) is 4.99. The zero-order chi connectivity index (χ0) is 24.2. The molecule has 33 heavy (non-hydrogen) atoms. The number of hydrogen-bond donors (Lipinski definition) is 3. The van der Waals surface area contributed by atoms with Gasteiger partial charge in [0.05, 0.1) is 12.8 Å². The molecule has 0 fully saturated rings. The SMILES string of the molecule is COc1ccc(-n2c3c(c(=O)[nH]c2=O)C(C(F)(F)F)(C(F)(F)F)[NH+]=C(c2cccs2)N3)cc1. The topological polar surface area (TPSA) is 90.1 Å². The number of hydrogen-bond acceptors (Lipinski definition) is 5. The first-order valence-corrected chi connectivity index (χ1v) is 9.92. The Morgan fingerprint density at radius 1 is 1.03 bits per heavy atom. The molecule has 0 radical (unpaired) electrons. The number of aromatic nitrogens is 2. The lowest BCUT2D eigenvalue weighted by atomic mass is 9.88. The van der Waals surface area contributed by atoms with Crippen LogP contribution in [0.2, 0.25) is 0 Å². The summed E-state index contributed by atoms with van der Waals surface area (Å²) >= 11 is 0.855. The summed E-state index contributed by atoms with van der Waals surface area (Å²) in [7, 11) is 1.35. The van der Waals surface area contributed by atoms with Crippen molar-refractivity contribution in [3.05, 3.63) is 73.1 Å². The van der Waals surface area contributed by atoms with Crippen LogP contribution in [-0.2, 0) is 5.54 Å². The molecule has 1 aliphatic rings. The Kier molecular flexibility index (Phi) is 5.15. The number of H-pyrrole nitrogens is 1. The first-order chi connectivity index (χ1) is 15.4. The second kappa shape index (κ2) is 7.50. The maximum Gasteiger partial charge on any atom is 0.446 e. The van der Waals surface area contributed by atoms with Crippen molar-refractivity contribution >= 4 is 23.0 Å². The van der Waals surface area contributed by atoms with Crippen LogP contribution in [0.25, 0.3) is 5.69 Å². The molecule has 0 aliphatic carbocycles. The summed E-state index contributed by atoms with van der Waals surface area (Å²) in [6.45, 7) is 0. The lowest BCUT2D eigenvalue weighted by Gasteiger charge is -2.35. The Balaban J connectivity index is 2.15. The highest BCUT2D eigenvalue weighted by Crippen LogP contribution is 2.48. The number of alkyl halides is 6. The van der Waals surface area contributed by atoms with Crippen LogP contribution in [0, 0.1) is 0 Å². The molecule has 0 bridgehead atoms. The number of thiophene rings is 1. The molecule has 3 aromatic rings. The summed E-state index contributed by atoms with van der Waals surface area (Å²) in [6, 6.07) is 7.90. The minimum atomic E-state index is -6.01. The number of aromatic amines is 1. The highest BCUT2D eigenvalue weighted by atomic mass is 32.1. The molecule has 3 heterocycles. The van der Waals surface area contributed by atoms with Gasteiger partial charge in [-0.25, -0.2) is 19.7 Å². The van der Waals surface area contributed by atoms with E-state index in [9.17, 15) is 35.9 Å². The van der Waals surface area contributed by atoms with Gasteiger partial charge in [-0.2, -0.15) is 26.3 Å². The fourth-order valence-electron chi connectivity index (χ4n) is 3.51. The van der Waals surface area contributed by atoms with Crippen LogP contribution < -0.4 is 26.3 Å². The van der Waals surface area contributed by atoms with Gasteiger partial charge < -0.3 is 4.74 Å². The van der Waals surface area contributed by atoms with E-state index in [0.29, 0.717) is 10.3 Å². The van der Waals surface area contributed by atoms with Crippen LogP contribution in [-0.4, -0.2) is 34.8 Å². The van der Waals surface area contributed by atoms with Crippen molar-refractivity contribution in [1.29, 1.82) is 0 Å². The van der Waals surface area contributed by atoms with Crippen LogP contribution in [0.4, 0.5) is 32.2 Å². The van der Waals surface area contributed by atoms with E-state index in [2.05, 4.69) is 5.32 Å². The molecule has 3 N–H and O–H groups in total. The second-order valence-corrected chi connectivity index (χ2v) is 7.81. The van der Waals surface area contributed by atoms with Gasteiger partial charge in [-0.1, -0.05) is 6.07 Å². The van der Waals surface area contributed by atoms with E-state index >= 15 is 0 Å². The van der Waals surface area contributed by atoms with Crippen LogP contribution in [0.15, 0.2) is 51.4 Å². The Morgan fingerprint density at radius 2 is 1.67 bits per heavy atom. The van der Waals surface area contributed by atoms with Gasteiger partial charge in [-0.05, 0) is 35.7 Å². The van der Waals surface area contributed by atoms with Crippen LogP contribution in [0.1, 0.15) is 10.4 Å². The van der Waals surface area contributed by atoms with Gasteiger partial charge in [0, 0.05) is 0 Å². The van der Waals surface area contributed by atoms with Crippen molar-refractivity contribution in [2.45, 2.75) is 17.9 Å². The second-order valence-electron chi connectivity index (χ2n) is 6.86. The quantitative estimate of drug-likeness (QED) is 0.488. The van der Waals surface area contributed by atoms with E-state index in [1.54, 1.807) is 4.98 Å². The number of anilines is 1. The van der Waals surface area contributed by atoms with Gasteiger partial charge >= 0.3 is 23.6 Å². The largest absolute Gasteiger partial charge is 0.497 e. The number of ether oxygens (including phenoxy) is 1. The summed E-state index contributed by atoms with van der Waals surface area (Å²) < 4.78 is 90.9. The molecule has 0 unspecified atom stereocenters. The first-order valence-electron chi connectivity index (χ1n) is 9.04. The van der Waals surface area contributed by atoms with Gasteiger partial charge in [-0.3, -0.25) is 9.78 Å². The molecule has 4 rings (SSSR count). The number of halogens is 6. The van der Waals surface area contributed by atoms with Crippen molar-refractivity contribution in [2.75, 3.05) is 12.4 Å². The molecule has 1 aliphatic heterocycles. The standard InChI is InChI=1S/C19H12F6N4O3S/c1-32-10-6-4-9(5-7-10)29-14-12(15(30)27-16(29)31)17(18(20,21)22,19(23,24)25)28-13(26-14)11-3-2-8-33-11/h2-8H,1H3,(H,26,28)(H,27,30,31)/p+1. The predicted octanol–water partition coefficient (Wildman–Crippen LogP) is 1.87. The molecule has 2 aromatic heterocycles. The summed E-state index contributed by atoms with van der Waals surface area (Å²) in [4.78, 5) is 28.2. The number of nitrogens with zero attached hydrogens (tertiary/aromatic N) is 1. The van der Waals surface area contributed by atoms with Crippen molar-refractivity contribution in [3.63, 3.8) is 0 Å². The number of nitrogens with one attached hydrogen (secondary N) is 3. The Bertz CT molecular complexity index is 1320. The van der Waals surface area contributed by atoms with E-state index < -0.39 is 46.4 Å². The third-order valence-corrected chi connectivity index (χ3v) is 5.88. The minimum absolute atomic E-state index is 0.00691. The van der Waals surface area contributed by atoms with Crippen molar-refractivity contribution in [1.82, 2.24) is 9.55 Å². The maximum absolute atomic E-state index is 14.2. The lowest BCUT2D eigenvalue weighted by Crippen LogP contribution is -2.97. The molecule has 14 heteroatoms. The summed E-state index contributed by atoms with van der Waals surface area (Å²) in [5, 5.41) is 3.85. The molecule has 0 atom stereocenters. The zero-order valence-corrected chi connectivity index (χ0v) is 17.2. The molecule has 0 amide bonds. The molecule has 0 saturated carbocycles. The fourth-order valence-corrected chi connectivity index (χ4v) is 4.19. The first kappa shape index (κ1) is 22.6. The monoisotopic (exact) mass is 491 g/mol. The molecular weight excluding hydrogens is 478 g/mol. The number of fused-ring (bicyclic) bond motifs is 1. The normalized spacial score (nSPS) is 15.4. The molecule has 174 valence electrons. The average molecular weight is 491 g/mol. The zero-order valence-electron chi connectivity index (χ0n) is 16.4. The van der Waals surface area contributed by atoms with Crippen molar-refractivity contribution in [3.8, 4) is 11.4 Å². The van der Waals surface area contributed by atoms with E-state index in [1.165, 1.54) is 53.9 Å². The number of rotatable bonds is 3. The highest BCUT2D eigenvalue weighted by molar-refractivity contribution is 7.12. The smallest absolute Gasteiger partial charge is 0.446 e. The van der Waals surface area contributed by atoms with Gasteiger partial charge in [0.15, 0.2) is 0 Å². The van der Waals surface area contributed by atoms with Gasteiger partial charge in [0.2, 0.25) is 5.82 Å². The average Bonchev–Trinajstić information content (AvgIpc) is 3.26. The van der Waals surface area contributed by atoms with E-state index in [-0.39, 0.29) is 10.6 Å². The van der Waals surface area contributed by atoms with Gasteiger partial charge in [0.25, 0.3) is 11.4 Å². The van der Waals surface area contributed by atoms with Crippen molar-refractivity contribution < 1.29 is 36.1 Å².